The van der Waals surface area contributed by atoms with Gasteiger partial charge in [0.1, 0.15) is 0 Å². The predicted molar refractivity (Wildman–Crippen MR) is 76.4 cm³/mol. The van der Waals surface area contributed by atoms with E-state index in [1.807, 2.05) is 0 Å². The highest BCUT2D eigenvalue weighted by molar-refractivity contribution is 5.66. The Kier molecular flexibility index (Phi) is 5.28. The highest BCUT2D eigenvalue weighted by atomic mass is 19.3. The van der Waals surface area contributed by atoms with Crippen molar-refractivity contribution in [3.8, 4) is 0 Å². The van der Waals surface area contributed by atoms with Crippen LogP contribution in [0.1, 0.15) is 31.2 Å². The molecule has 2 rings (SSSR count). The number of nitrogens with zero attached hydrogens (tertiary/aromatic N) is 1. The van der Waals surface area contributed by atoms with Crippen molar-refractivity contribution in [2.75, 3.05) is 19.6 Å². The van der Waals surface area contributed by atoms with E-state index in [2.05, 4.69) is 0 Å². The van der Waals surface area contributed by atoms with Crippen molar-refractivity contribution in [2.45, 2.75) is 31.6 Å². The molecule has 0 radical (unpaired) electrons. The van der Waals surface area contributed by atoms with Crippen LogP contribution < -0.4 is 0 Å². The second-order valence-corrected chi connectivity index (χ2v) is 5.72. The lowest BCUT2D eigenvalue weighted by Crippen LogP contribution is -2.40. The molecule has 0 aromatic heterocycles. The number of likely N-dealkylation sites (tertiary alicyclic amines) is 1. The van der Waals surface area contributed by atoms with E-state index in [1.165, 1.54) is 12.1 Å². The third-order valence-electron chi connectivity index (χ3n) is 4.09. The summed E-state index contributed by atoms with van der Waals surface area (Å²) in [4.78, 5) is 12.3. The monoisotopic (exact) mass is 297 g/mol. The highest BCUT2D eigenvalue weighted by Crippen LogP contribution is 2.31. The van der Waals surface area contributed by atoms with E-state index in [0.29, 0.717) is 25.4 Å². The maximum atomic E-state index is 14.2. The SMILES string of the molecule is O=C(O)CCC1CCN(CC(F)(F)c2ccccc2)CC1. The van der Waals surface area contributed by atoms with Crippen LogP contribution in [0.4, 0.5) is 8.78 Å². The molecule has 1 heterocycles. The van der Waals surface area contributed by atoms with Crippen LogP contribution in [-0.4, -0.2) is 35.6 Å². The minimum Gasteiger partial charge on any atom is -0.481 e. The third kappa shape index (κ3) is 4.77. The average molecular weight is 297 g/mol. The van der Waals surface area contributed by atoms with Crippen LogP contribution in [0, 0.1) is 5.92 Å². The number of hydrogen-bond donors (Lipinski definition) is 1. The Morgan fingerprint density at radius 2 is 1.86 bits per heavy atom. The topological polar surface area (TPSA) is 40.5 Å². The maximum Gasteiger partial charge on any atom is 0.303 e. The third-order valence-corrected chi connectivity index (χ3v) is 4.09. The van der Waals surface area contributed by atoms with Gasteiger partial charge in [-0.05, 0) is 38.3 Å². The van der Waals surface area contributed by atoms with Crippen LogP contribution in [0.3, 0.4) is 0 Å². The van der Waals surface area contributed by atoms with Crippen molar-refractivity contribution in [1.29, 1.82) is 0 Å². The number of carboxylic acids is 1. The van der Waals surface area contributed by atoms with Crippen molar-refractivity contribution in [3.63, 3.8) is 0 Å². The molecule has 3 nitrogen and oxygen atoms in total. The summed E-state index contributed by atoms with van der Waals surface area (Å²) in [6.45, 7) is 0.974. The van der Waals surface area contributed by atoms with Crippen molar-refractivity contribution < 1.29 is 18.7 Å². The molecule has 0 saturated carbocycles. The van der Waals surface area contributed by atoms with E-state index in [-0.39, 0.29) is 18.5 Å². The number of halogens is 2. The Hall–Kier alpha value is -1.49. The predicted octanol–water partition coefficient (Wildman–Crippen LogP) is 3.36. The second kappa shape index (κ2) is 6.98. The molecule has 0 aliphatic carbocycles. The smallest absolute Gasteiger partial charge is 0.303 e. The summed E-state index contributed by atoms with van der Waals surface area (Å²) >= 11 is 0. The molecular weight excluding hydrogens is 276 g/mol. The average Bonchev–Trinajstić information content (AvgIpc) is 2.47. The minimum atomic E-state index is -2.84. The van der Waals surface area contributed by atoms with Gasteiger partial charge in [-0.1, -0.05) is 30.3 Å². The highest BCUT2D eigenvalue weighted by Gasteiger charge is 2.34. The molecule has 116 valence electrons. The van der Waals surface area contributed by atoms with Gasteiger partial charge in [-0.3, -0.25) is 9.69 Å². The molecule has 1 aromatic carbocycles. The first-order valence-corrected chi connectivity index (χ1v) is 7.35. The summed E-state index contributed by atoms with van der Waals surface area (Å²) in [6, 6.07) is 7.90. The summed E-state index contributed by atoms with van der Waals surface area (Å²) < 4.78 is 28.3. The molecule has 1 aromatic rings. The molecule has 0 bridgehead atoms. The fourth-order valence-electron chi connectivity index (χ4n) is 2.81. The first-order chi connectivity index (χ1) is 9.97. The van der Waals surface area contributed by atoms with Crippen molar-refractivity contribution in [1.82, 2.24) is 4.90 Å². The van der Waals surface area contributed by atoms with Crippen LogP contribution in [-0.2, 0) is 10.7 Å². The van der Waals surface area contributed by atoms with E-state index < -0.39 is 11.9 Å². The molecule has 1 N–H and O–H groups in total. The fourth-order valence-corrected chi connectivity index (χ4v) is 2.81. The number of carboxylic acid groups (broad SMARTS) is 1. The summed E-state index contributed by atoms with van der Waals surface area (Å²) in [5.74, 6) is -3.27. The lowest BCUT2D eigenvalue weighted by Gasteiger charge is -2.34. The number of hydrogen-bond acceptors (Lipinski definition) is 2. The van der Waals surface area contributed by atoms with E-state index >= 15 is 0 Å². The molecule has 1 saturated heterocycles. The molecule has 1 aliphatic rings. The zero-order valence-corrected chi connectivity index (χ0v) is 12.0. The van der Waals surface area contributed by atoms with Gasteiger partial charge in [0.15, 0.2) is 0 Å². The first-order valence-electron chi connectivity index (χ1n) is 7.35. The summed E-state index contributed by atoms with van der Waals surface area (Å²) in [7, 11) is 0. The van der Waals surface area contributed by atoms with Gasteiger partial charge < -0.3 is 5.11 Å². The van der Waals surface area contributed by atoms with Crippen LogP contribution >= 0.6 is 0 Å². The second-order valence-electron chi connectivity index (χ2n) is 5.72. The van der Waals surface area contributed by atoms with Gasteiger partial charge in [0, 0.05) is 12.0 Å². The van der Waals surface area contributed by atoms with Crippen molar-refractivity contribution in [3.05, 3.63) is 35.9 Å². The van der Waals surface area contributed by atoms with E-state index in [1.54, 1.807) is 23.1 Å². The molecule has 1 fully saturated rings. The number of benzene rings is 1. The Balaban J connectivity index is 1.82. The summed E-state index contributed by atoms with van der Waals surface area (Å²) in [5, 5.41) is 8.67. The van der Waals surface area contributed by atoms with Crippen molar-refractivity contribution in [2.24, 2.45) is 5.92 Å². The van der Waals surface area contributed by atoms with Gasteiger partial charge in [0.05, 0.1) is 6.54 Å². The van der Waals surface area contributed by atoms with Crippen LogP contribution in [0.15, 0.2) is 30.3 Å². The molecular formula is C16H21F2NO2. The largest absolute Gasteiger partial charge is 0.481 e. The number of alkyl halides is 2. The van der Waals surface area contributed by atoms with Gasteiger partial charge in [-0.15, -0.1) is 0 Å². The zero-order chi connectivity index (χ0) is 15.3. The van der Waals surface area contributed by atoms with Crippen molar-refractivity contribution >= 4 is 5.97 Å². The van der Waals surface area contributed by atoms with Crippen LogP contribution in [0.5, 0.6) is 0 Å². The molecule has 0 amide bonds. The molecule has 5 heteroatoms. The summed E-state index contributed by atoms with van der Waals surface area (Å²) in [5.41, 5.74) is 0.0537. The molecule has 1 aliphatic heterocycles. The Morgan fingerprint density at radius 3 is 2.43 bits per heavy atom. The lowest BCUT2D eigenvalue weighted by molar-refractivity contribution is -0.137. The van der Waals surface area contributed by atoms with E-state index in [4.69, 9.17) is 5.11 Å². The molecule has 0 unspecified atom stereocenters. The van der Waals surface area contributed by atoms with Crippen LogP contribution in [0.2, 0.25) is 0 Å². The van der Waals surface area contributed by atoms with Gasteiger partial charge in [-0.2, -0.15) is 8.78 Å². The summed E-state index contributed by atoms with van der Waals surface area (Å²) in [6.07, 6.45) is 2.43. The Labute approximate surface area is 123 Å². The Morgan fingerprint density at radius 1 is 1.24 bits per heavy atom. The minimum absolute atomic E-state index is 0.0537. The molecule has 21 heavy (non-hydrogen) atoms. The zero-order valence-electron chi connectivity index (χ0n) is 12.0. The van der Waals surface area contributed by atoms with E-state index in [9.17, 15) is 13.6 Å². The fraction of sp³-hybridized carbons (Fsp3) is 0.562. The normalized spacial score (nSPS) is 17.8. The number of carbonyl (C=O) groups is 1. The van der Waals surface area contributed by atoms with Gasteiger partial charge in [-0.25, -0.2) is 0 Å². The first kappa shape index (κ1) is 15.9. The van der Waals surface area contributed by atoms with E-state index in [0.717, 1.165) is 12.8 Å². The van der Waals surface area contributed by atoms with Crippen LogP contribution in [0.25, 0.3) is 0 Å². The van der Waals surface area contributed by atoms with Gasteiger partial charge >= 0.3 is 5.97 Å². The standard InChI is InChI=1S/C16H21F2NO2/c17-16(18,14-4-2-1-3-5-14)12-19-10-8-13(9-11-19)6-7-15(20)21/h1-5,13H,6-12H2,(H,20,21). The Bertz CT molecular complexity index is 457. The van der Waals surface area contributed by atoms with Gasteiger partial charge in [0.2, 0.25) is 0 Å². The molecule has 0 spiro atoms. The number of aliphatic carboxylic acids is 1. The number of piperidine rings is 1. The maximum absolute atomic E-state index is 14.2. The molecule has 0 atom stereocenters. The quantitative estimate of drug-likeness (QED) is 0.875. The van der Waals surface area contributed by atoms with Gasteiger partial charge in [0.25, 0.3) is 5.92 Å². The lowest BCUT2D eigenvalue weighted by atomic mass is 9.92. The number of rotatable bonds is 6.